The summed E-state index contributed by atoms with van der Waals surface area (Å²) in [6.45, 7) is 0. The van der Waals surface area contributed by atoms with E-state index in [1.165, 1.54) is 13.2 Å². The number of carbonyl (C=O) groups excluding carboxylic acids is 3. The highest BCUT2D eigenvalue weighted by molar-refractivity contribution is 6.10. The lowest BCUT2D eigenvalue weighted by Gasteiger charge is -2.07. The second-order valence-electron chi connectivity index (χ2n) is 7.04. The third-order valence-electron chi connectivity index (χ3n) is 4.89. The molecule has 2 amide bonds. The van der Waals surface area contributed by atoms with Crippen molar-refractivity contribution in [3.05, 3.63) is 100 Å². The largest absolute Gasteiger partial charge is 0.497 e. The molecule has 4 rings (SSSR count). The van der Waals surface area contributed by atoms with Crippen LogP contribution >= 0.6 is 0 Å². The Labute approximate surface area is 188 Å². The van der Waals surface area contributed by atoms with E-state index in [1.807, 2.05) is 0 Å². The number of amides is 2. The SMILES string of the molecule is COc1ccc(NC(=O)c2ccc3c(c2)=NC(=O)/C(=C/C(=O)c2cccc(OC)c2)N=3)cc1. The average Bonchev–Trinajstić information content (AvgIpc) is 2.84. The minimum atomic E-state index is -0.661. The number of nitrogens with one attached hydrogen (secondary N) is 1. The van der Waals surface area contributed by atoms with Gasteiger partial charge in [-0.25, -0.2) is 9.98 Å². The molecule has 0 saturated heterocycles. The zero-order valence-electron chi connectivity index (χ0n) is 17.9. The second kappa shape index (κ2) is 9.27. The Morgan fingerprint density at radius 3 is 2.30 bits per heavy atom. The molecule has 3 aromatic carbocycles. The average molecular weight is 441 g/mol. The first-order valence-corrected chi connectivity index (χ1v) is 9.94. The van der Waals surface area contributed by atoms with E-state index >= 15 is 0 Å². The number of anilines is 1. The van der Waals surface area contributed by atoms with Gasteiger partial charge >= 0.3 is 0 Å². The summed E-state index contributed by atoms with van der Waals surface area (Å²) in [6, 6.07) is 18.1. The third kappa shape index (κ3) is 4.85. The van der Waals surface area contributed by atoms with Crippen LogP contribution in [0.4, 0.5) is 5.69 Å². The predicted molar refractivity (Wildman–Crippen MR) is 120 cm³/mol. The van der Waals surface area contributed by atoms with Crippen molar-refractivity contribution in [2.24, 2.45) is 9.98 Å². The van der Waals surface area contributed by atoms with Crippen LogP contribution in [0.25, 0.3) is 0 Å². The summed E-state index contributed by atoms with van der Waals surface area (Å²) in [6.07, 6.45) is 1.15. The van der Waals surface area contributed by atoms with Gasteiger partial charge in [-0.1, -0.05) is 12.1 Å². The molecular weight excluding hydrogens is 422 g/mol. The van der Waals surface area contributed by atoms with Gasteiger partial charge in [0.15, 0.2) is 5.78 Å². The number of carbonyl (C=O) groups is 3. The summed E-state index contributed by atoms with van der Waals surface area (Å²) >= 11 is 0. The minimum Gasteiger partial charge on any atom is -0.497 e. The van der Waals surface area contributed by atoms with Crippen molar-refractivity contribution in [3.63, 3.8) is 0 Å². The number of allylic oxidation sites excluding steroid dienone is 1. The number of ketones is 1. The van der Waals surface area contributed by atoms with Crippen LogP contribution < -0.4 is 25.5 Å². The molecule has 8 heteroatoms. The van der Waals surface area contributed by atoms with Crippen molar-refractivity contribution in [1.29, 1.82) is 0 Å². The molecule has 0 atom stereocenters. The highest BCUT2D eigenvalue weighted by Gasteiger charge is 2.16. The smallest absolute Gasteiger partial charge is 0.296 e. The molecule has 0 saturated carbocycles. The molecule has 0 aliphatic carbocycles. The van der Waals surface area contributed by atoms with Crippen LogP contribution in [0.1, 0.15) is 20.7 Å². The summed E-state index contributed by atoms with van der Waals surface area (Å²) in [5.74, 6) is -0.210. The van der Waals surface area contributed by atoms with E-state index in [2.05, 4.69) is 15.3 Å². The van der Waals surface area contributed by atoms with Gasteiger partial charge in [-0.15, -0.1) is 0 Å². The molecule has 33 heavy (non-hydrogen) atoms. The van der Waals surface area contributed by atoms with E-state index in [0.29, 0.717) is 33.7 Å². The number of hydrogen-bond donors (Lipinski definition) is 1. The van der Waals surface area contributed by atoms with Gasteiger partial charge < -0.3 is 14.8 Å². The first kappa shape index (κ1) is 21.6. The fourth-order valence-corrected chi connectivity index (χ4v) is 3.15. The maximum atomic E-state index is 12.6. The lowest BCUT2D eigenvalue weighted by atomic mass is 10.1. The summed E-state index contributed by atoms with van der Waals surface area (Å²) in [5.41, 5.74) is 1.20. The Kier molecular flexibility index (Phi) is 6.08. The van der Waals surface area contributed by atoms with Gasteiger partial charge in [-0.2, -0.15) is 0 Å². The molecule has 0 bridgehead atoms. The summed E-state index contributed by atoms with van der Waals surface area (Å²) in [5, 5.41) is 3.42. The van der Waals surface area contributed by atoms with Crippen molar-refractivity contribution < 1.29 is 23.9 Å². The normalized spacial score (nSPS) is 13.4. The Morgan fingerprint density at radius 1 is 0.818 bits per heavy atom. The van der Waals surface area contributed by atoms with Crippen molar-refractivity contribution in [2.45, 2.75) is 0 Å². The second-order valence-corrected chi connectivity index (χ2v) is 7.04. The third-order valence-corrected chi connectivity index (χ3v) is 4.89. The van der Waals surface area contributed by atoms with Crippen LogP contribution in [0.15, 0.2) is 88.5 Å². The van der Waals surface area contributed by atoms with Gasteiger partial charge in [-0.05, 0) is 54.6 Å². The zero-order chi connectivity index (χ0) is 23.4. The van der Waals surface area contributed by atoms with Crippen LogP contribution in [-0.2, 0) is 4.79 Å². The Morgan fingerprint density at radius 2 is 1.58 bits per heavy atom. The van der Waals surface area contributed by atoms with Crippen molar-refractivity contribution in [2.75, 3.05) is 19.5 Å². The van der Waals surface area contributed by atoms with E-state index in [0.717, 1.165) is 6.08 Å². The van der Waals surface area contributed by atoms with Crippen LogP contribution in [-0.4, -0.2) is 31.8 Å². The highest BCUT2D eigenvalue weighted by Crippen LogP contribution is 2.16. The fourth-order valence-electron chi connectivity index (χ4n) is 3.15. The molecule has 0 radical (unpaired) electrons. The number of benzene rings is 3. The molecular formula is C25H19N3O5. The quantitative estimate of drug-likeness (QED) is 0.467. The summed E-state index contributed by atoms with van der Waals surface area (Å²) in [4.78, 5) is 45.9. The van der Waals surface area contributed by atoms with Crippen molar-refractivity contribution >= 4 is 23.3 Å². The van der Waals surface area contributed by atoms with Gasteiger partial charge in [-0.3, -0.25) is 14.4 Å². The lowest BCUT2D eigenvalue weighted by molar-refractivity contribution is -0.114. The molecule has 0 fully saturated rings. The van der Waals surface area contributed by atoms with Crippen LogP contribution in [0, 0.1) is 0 Å². The molecule has 0 unspecified atom stereocenters. The molecule has 1 aliphatic rings. The molecule has 3 aromatic rings. The number of rotatable bonds is 6. The predicted octanol–water partition coefficient (Wildman–Crippen LogP) is 2.50. The molecule has 1 aliphatic heterocycles. The van der Waals surface area contributed by atoms with Gasteiger partial charge in [0.1, 0.15) is 17.2 Å². The number of ether oxygens (including phenoxy) is 2. The van der Waals surface area contributed by atoms with Crippen LogP contribution in [0.5, 0.6) is 11.5 Å². The van der Waals surface area contributed by atoms with Gasteiger partial charge in [0.2, 0.25) is 0 Å². The van der Waals surface area contributed by atoms with Gasteiger partial charge in [0.05, 0.1) is 24.9 Å². The zero-order valence-corrected chi connectivity index (χ0v) is 17.9. The first-order chi connectivity index (χ1) is 16.0. The van der Waals surface area contributed by atoms with Crippen molar-refractivity contribution in [3.8, 4) is 11.5 Å². The topological polar surface area (TPSA) is 106 Å². The van der Waals surface area contributed by atoms with Crippen molar-refractivity contribution in [1.82, 2.24) is 0 Å². The van der Waals surface area contributed by atoms with E-state index in [1.54, 1.807) is 67.8 Å². The molecule has 164 valence electrons. The Hall–Kier alpha value is -4.59. The van der Waals surface area contributed by atoms with Crippen LogP contribution in [0.3, 0.4) is 0 Å². The molecule has 0 aromatic heterocycles. The number of fused-ring (bicyclic) bond motifs is 1. The standard InChI is InChI=1S/C25H19N3O5/c1-32-18-9-7-17(8-10-18)26-24(30)16-6-11-20-21(13-16)28-25(31)22(27-20)14-23(29)15-4-3-5-19(12-15)33-2/h3-14H,1-2H3,(H,26,30)/b22-14-. The fraction of sp³-hybridized carbons (Fsp3) is 0.0800. The summed E-state index contributed by atoms with van der Waals surface area (Å²) < 4.78 is 10.2. The van der Waals surface area contributed by atoms with E-state index in [9.17, 15) is 14.4 Å². The summed E-state index contributed by atoms with van der Waals surface area (Å²) in [7, 11) is 3.06. The molecule has 0 spiro atoms. The van der Waals surface area contributed by atoms with E-state index in [4.69, 9.17) is 9.47 Å². The maximum absolute atomic E-state index is 12.6. The molecule has 1 N–H and O–H groups in total. The van der Waals surface area contributed by atoms with E-state index < -0.39 is 11.7 Å². The number of hydrogen-bond acceptors (Lipinski definition) is 6. The highest BCUT2D eigenvalue weighted by atomic mass is 16.5. The number of nitrogens with zero attached hydrogens (tertiary/aromatic N) is 2. The van der Waals surface area contributed by atoms with Gasteiger partial charge in [0.25, 0.3) is 11.8 Å². The monoisotopic (exact) mass is 441 g/mol. The first-order valence-electron chi connectivity index (χ1n) is 9.94. The minimum absolute atomic E-state index is 0.0780. The Balaban J connectivity index is 1.58. The maximum Gasteiger partial charge on any atom is 0.296 e. The molecule has 1 heterocycles. The van der Waals surface area contributed by atoms with Gasteiger partial charge in [0, 0.05) is 22.9 Å². The Bertz CT molecular complexity index is 1410. The molecule has 8 nitrogen and oxygen atoms in total. The van der Waals surface area contributed by atoms with Crippen LogP contribution in [0.2, 0.25) is 0 Å². The number of methoxy groups -OCH3 is 2. The van der Waals surface area contributed by atoms with E-state index in [-0.39, 0.29) is 17.0 Å². The lowest BCUT2D eigenvalue weighted by Crippen LogP contribution is -2.32.